The van der Waals surface area contributed by atoms with Crippen molar-refractivity contribution in [2.75, 3.05) is 0 Å². The lowest BCUT2D eigenvalue weighted by Crippen LogP contribution is -2.49. The Labute approximate surface area is 161 Å². The van der Waals surface area contributed by atoms with Gasteiger partial charge in [0.1, 0.15) is 0 Å². The second kappa shape index (κ2) is 6.33. The van der Waals surface area contributed by atoms with E-state index in [0.717, 1.165) is 19.3 Å². The number of carbonyl (C=O) groups is 2. The highest BCUT2D eigenvalue weighted by molar-refractivity contribution is 5.72. The number of ether oxygens (including phenoxy) is 3. The molecule has 5 nitrogen and oxygen atoms in total. The van der Waals surface area contributed by atoms with Gasteiger partial charge in [-0.1, -0.05) is 39.3 Å². The molecule has 5 heteroatoms. The van der Waals surface area contributed by atoms with Crippen molar-refractivity contribution in [2.24, 2.45) is 34.5 Å². The molecule has 2 aliphatic heterocycles. The van der Waals surface area contributed by atoms with E-state index in [9.17, 15) is 9.59 Å². The molecule has 0 aromatic heterocycles. The van der Waals surface area contributed by atoms with Crippen LogP contribution in [0.4, 0.5) is 0 Å². The monoisotopic (exact) mass is 376 g/mol. The molecular formula is C22H32O5. The summed E-state index contributed by atoms with van der Waals surface area (Å²) in [5.41, 5.74) is 1.79. The molecule has 2 saturated heterocycles. The highest BCUT2D eigenvalue weighted by Crippen LogP contribution is 2.62. The lowest BCUT2D eigenvalue weighted by atomic mass is 9.50. The van der Waals surface area contributed by atoms with Crippen LogP contribution in [-0.2, 0) is 23.8 Å². The van der Waals surface area contributed by atoms with Crippen molar-refractivity contribution in [2.45, 2.75) is 79.3 Å². The molecule has 2 heterocycles. The van der Waals surface area contributed by atoms with Gasteiger partial charge in [0.2, 0.25) is 12.6 Å². The Hall–Kier alpha value is -1.36. The maximum Gasteiger partial charge on any atom is 0.308 e. The standard InChI is InChI=1S/C22H32O5/c1-12-14-7-6-9-21(3,4)16(14)8-10-22(12,5)18-15-11-17(24)26-19(15)27-20(18)25-13(2)23/h7,12,15-16,18-20H,6,8-11H2,1-5H3/t12-,15-,16?,18+,19+,20+,22+/m1/s1. The first-order valence-corrected chi connectivity index (χ1v) is 10.4. The maximum atomic E-state index is 11.9. The van der Waals surface area contributed by atoms with E-state index in [1.54, 1.807) is 5.57 Å². The quantitative estimate of drug-likeness (QED) is 0.534. The second-order valence-electron chi connectivity index (χ2n) is 9.92. The van der Waals surface area contributed by atoms with E-state index in [4.69, 9.17) is 14.2 Å². The molecule has 150 valence electrons. The normalized spacial score (nSPS) is 45.5. The number of hydrogen-bond acceptors (Lipinski definition) is 5. The summed E-state index contributed by atoms with van der Waals surface area (Å²) < 4.78 is 16.9. The summed E-state index contributed by atoms with van der Waals surface area (Å²) in [5.74, 6) is 0.347. The van der Waals surface area contributed by atoms with E-state index in [0.29, 0.717) is 23.7 Å². The molecule has 27 heavy (non-hydrogen) atoms. The summed E-state index contributed by atoms with van der Waals surface area (Å²) in [6, 6.07) is 0. The van der Waals surface area contributed by atoms with E-state index < -0.39 is 12.6 Å². The molecule has 1 saturated carbocycles. The van der Waals surface area contributed by atoms with Crippen molar-refractivity contribution >= 4 is 11.9 Å². The number of esters is 2. The number of rotatable bonds is 2. The van der Waals surface area contributed by atoms with Gasteiger partial charge in [-0.05, 0) is 48.3 Å². The first kappa shape index (κ1) is 19.0. The van der Waals surface area contributed by atoms with Gasteiger partial charge in [-0.3, -0.25) is 9.59 Å². The van der Waals surface area contributed by atoms with Gasteiger partial charge < -0.3 is 14.2 Å². The molecule has 0 radical (unpaired) electrons. The molecule has 1 unspecified atom stereocenters. The van der Waals surface area contributed by atoms with Gasteiger partial charge in [-0.15, -0.1) is 0 Å². The third-order valence-electron chi connectivity index (χ3n) is 8.04. The summed E-state index contributed by atoms with van der Waals surface area (Å²) in [5, 5.41) is 0. The summed E-state index contributed by atoms with van der Waals surface area (Å²) in [6.07, 6.45) is 6.13. The number of carbonyl (C=O) groups excluding carboxylic acids is 2. The minimum Gasteiger partial charge on any atom is -0.435 e. The van der Waals surface area contributed by atoms with Crippen LogP contribution in [0.1, 0.15) is 66.7 Å². The van der Waals surface area contributed by atoms with E-state index >= 15 is 0 Å². The molecule has 0 amide bonds. The van der Waals surface area contributed by atoms with E-state index in [1.807, 2.05) is 0 Å². The average molecular weight is 376 g/mol. The van der Waals surface area contributed by atoms with Gasteiger partial charge in [0.15, 0.2) is 0 Å². The Morgan fingerprint density at radius 1 is 1.26 bits per heavy atom. The van der Waals surface area contributed by atoms with Crippen LogP contribution in [0.5, 0.6) is 0 Å². The van der Waals surface area contributed by atoms with Crippen molar-refractivity contribution in [1.29, 1.82) is 0 Å². The zero-order valence-electron chi connectivity index (χ0n) is 17.1. The molecule has 0 spiro atoms. The van der Waals surface area contributed by atoms with Crippen LogP contribution in [0.2, 0.25) is 0 Å². The van der Waals surface area contributed by atoms with Crippen LogP contribution in [-0.4, -0.2) is 24.5 Å². The molecular weight excluding hydrogens is 344 g/mol. The number of hydrogen-bond donors (Lipinski definition) is 0. The average Bonchev–Trinajstić information content (AvgIpc) is 3.05. The molecule has 0 aromatic carbocycles. The van der Waals surface area contributed by atoms with E-state index in [1.165, 1.54) is 13.3 Å². The number of allylic oxidation sites excluding steroid dienone is 2. The van der Waals surface area contributed by atoms with Crippen molar-refractivity contribution in [3.8, 4) is 0 Å². The van der Waals surface area contributed by atoms with E-state index in [2.05, 4.69) is 33.8 Å². The zero-order chi connectivity index (χ0) is 19.6. The first-order valence-electron chi connectivity index (χ1n) is 10.4. The van der Waals surface area contributed by atoms with Crippen LogP contribution in [0, 0.1) is 34.5 Å². The van der Waals surface area contributed by atoms with Gasteiger partial charge in [0.25, 0.3) is 0 Å². The fraction of sp³-hybridized carbons (Fsp3) is 0.818. The molecule has 4 aliphatic rings. The molecule has 0 bridgehead atoms. The fourth-order valence-electron chi connectivity index (χ4n) is 6.38. The van der Waals surface area contributed by atoms with Crippen molar-refractivity contribution in [1.82, 2.24) is 0 Å². The summed E-state index contributed by atoms with van der Waals surface area (Å²) in [7, 11) is 0. The van der Waals surface area contributed by atoms with Crippen molar-refractivity contribution < 1.29 is 23.8 Å². The molecule has 4 rings (SSSR count). The van der Waals surface area contributed by atoms with Gasteiger partial charge >= 0.3 is 11.9 Å². The summed E-state index contributed by atoms with van der Waals surface area (Å²) in [4.78, 5) is 23.6. The van der Waals surface area contributed by atoms with Gasteiger partial charge in [0, 0.05) is 18.8 Å². The molecule has 0 aromatic rings. The van der Waals surface area contributed by atoms with Crippen LogP contribution in [0.3, 0.4) is 0 Å². The topological polar surface area (TPSA) is 61.8 Å². The van der Waals surface area contributed by atoms with Gasteiger partial charge in [-0.25, -0.2) is 0 Å². The molecule has 0 N–H and O–H groups in total. The minimum atomic E-state index is -0.633. The van der Waals surface area contributed by atoms with Crippen molar-refractivity contribution in [3.63, 3.8) is 0 Å². The molecule has 2 aliphatic carbocycles. The Kier molecular flexibility index (Phi) is 4.45. The third-order valence-corrected chi connectivity index (χ3v) is 8.04. The maximum absolute atomic E-state index is 11.9. The van der Waals surface area contributed by atoms with Gasteiger partial charge in [-0.2, -0.15) is 0 Å². The lowest BCUT2D eigenvalue weighted by molar-refractivity contribution is -0.215. The minimum absolute atomic E-state index is 0.0280. The predicted molar refractivity (Wildman–Crippen MR) is 99.2 cm³/mol. The Morgan fingerprint density at radius 2 is 2.00 bits per heavy atom. The molecule has 7 atom stereocenters. The smallest absolute Gasteiger partial charge is 0.308 e. The van der Waals surface area contributed by atoms with Crippen LogP contribution >= 0.6 is 0 Å². The number of fused-ring (bicyclic) bond motifs is 2. The zero-order valence-corrected chi connectivity index (χ0v) is 17.1. The molecule has 3 fully saturated rings. The second-order valence-corrected chi connectivity index (χ2v) is 9.92. The van der Waals surface area contributed by atoms with E-state index in [-0.39, 0.29) is 29.2 Å². The largest absolute Gasteiger partial charge is 0.435 e. The van der Waals surface area contributed by atoms with Crippen LogP contribution < -0.4 is 0 Å². The Bertz CT molecular complexity index is 680. The predicted octanol–water partition coefficient (Wildman–Crippen LogP) is 4.21. The first-order chi connectivity index (χ1) is 12.6. The third kappa shape index (κ3) is 2.93. The van der Waals surface area contributed by atoms with Gasteiger partial charge in [0.05, 0.1) is 6.42 Å². The summed E-state index contributed by atoms with van der Waals surface area (Å²) in [6.45, 7) is 10.8. The highest BCUT2D eigenvalue weighted by Gasteiger charge is 2.62. The SMILES string of the molecule is CC(=O)O[C@H]1O[C@@H]2OC(=O)C[C@@H]2[C@@H]1[C@@]1(C)CCC2C(=CCCC2(C)C)[C@H]1C. The fourth-order valence-corrected chi connectivity index (χ4v) is 6.38. The lowest BCUT2D eigenvalue weighted by Gasteiger charge is -2.54. The summed E-state index contributed by atoms with van der Waals surface area (Å²) >= 11 is 0. The van der Waals surface area contributed by atoms with Crippen molar-refractivity contribution in [3.05, 3.63) is 11.6 Å². The Morgan fingerprint density at radius 3 is 2.70 bits per heavy atom. The Balaban J connectivity index is 1.68. The van der Waals surface area contributed by atoms with Crippen LogP contribution in [0.25, 0.3) is 0 Å². The highest BCUT2D eigenvalue weighted by atomic mass is 16.8. The van der Waals surface area contributed by atoms with Crippen LogP contribution in [0.15, 0.2) is 11.6 Å².